The summed E-state index contributed by atoms with van der Waals surface area (Å²) in [7, 11) is 0. The minimum atomic E-state index is 0.0103. The molecule has 0 unspecified atom stereocenters. The van der Waals surface area contributed by atoms with Gasteiger partial charge >= 0.3 is 0 Å². The molecule has 0 spiro atoms. The smallest absolute Gasteiger partial charge is 0.145 e. The Balaban J connectivity index is 3.06. The molecule has 3 nitrogen and oxygen atoms in total. The first-order chi connectivity index (χ1) is 6.57. The van der Waals surface area contributed by atoms with Gasteiger partial charge in [-0.25, -0.2) is 0 Å². The van der Waals surface area contributed by atoms with Crippen molar-refractivity contribution in [2.45, 2.75) is 33.1 Å². The maximum Gasteiger partial charge on any atom is 0.145 e. The summed E-state index contributed by atoms with van der Waals surface area (Å²) in [4.78, 5) is 0. The van der Waals surface area contributed by atoms with E-state index in [4.69, 9.17) is 5.73 Å². The molecule has 1 rings (SSSR count). The van der Waals surface area contributed by atoms with Gasteiger partial charge in [0.1, 0.15) is 11.5 Å². The molecule has 1 aromatic rings. The van der Waals surface area contributed by atoms with Gasteiger partial charge in [-0.05, 0) is 31.4 Å². The molecule has 0 heterocycles. The lowest BCUT2D eigenvalue weighted by Crippen LogP contribution is -1.96. The number of rotatable bonds is 3. The lowest BCUT2D eigenvalue weighted by molar-refractivity contribution is 0.443. The summed E-state index contributed by atoms with van der Waals surface area (Å²) in [5.41, 5.74) is 7.40. The molecule has 0 aliphatic rings. The van der Waals surface area contributed by atoms with Crippen LogP contribution in [0.2, 0.25) is 0 Å². The number of nitrogen functional groups attached to an aromatic ring is 1. The second kappa shape index (κ2) is 4.22. The van der Waals surface area contributed by atoms with Crippen molar-refractivity contribution >= 4 is 5.69 Å². The largest absolute Gasteiger partial charge is 0.508 e. The van der Waals surface area contributed by atoms with Crippen molar-refractivity contribution in [3.63, 3.8) is 0 Å². The molecule has 0 aliphatic carbocycles. The average molecular weight is 195 g/mol. The molecular formula is C11H17NO2. The third-order valence-electron chi connectivity index (χ3n) is 2.45. The van der Waals surface area contributed by atoms with E-state index in [0.717, 1.165) is 24.8 Å². The molecule has 78 valence electrons. The van der Waals surface area contributed by atoms with E-state index in [0.29, 0.717) is 11.3 Å². The van der Waals surface area contributed by atoms with Gasteiger partial charge in [0.15, 0.2) is 0 Å². The van der Waals surface area contributed by atoms with Gasteiger partial charge in [-0.1, -0.05) is 13.3 Å². The molecular weight excluding hydrogens is 178 g/mol. The Morgan fingerprint density at radius 3 is 2.57 bits per heavy atom. The Morgan fingerprint density at radius 1 is 1.36 bits per heavy atom. The second-order valence-electron chi connectivity index (χ2n) is 3.55. The number of unbranched alkanes of at least 4 members (excludes halogenated alkanes) is 1. The van der Waals surface area contributed by atoms with Crippen LogP contribution in [0, 0.1) is 6.92 Å². The van der Waals surface area contributed by atoms with Crippen molar-refractivity contribution in [3.05, 3.63) is 17.2 Å². The van der Waals surface area contributed by atoms with Crippen LogP contribution in [0.3, 0.4) is 0 Å². The molecule has 1 aromatic carbocycles. The van der Waals surface area contributed by atoms with Gasteiger partial charge in [-0.15, -0.1) is 0 Å². The number of phenols is 2. The first kappa shape index (κ1) is 10.7. The van der Waals surface area contributed by atoms with Crippen LogP contribution >= 0.6 is 0 Å². The number of benzene rings is 1. The number of anilines is 1. The first-order valence-electron chi connectivity index (χ1n) is 4.87. The Hall–Kier alpha value is -1.38. The van der Waals surface area contributed by atoms with Gasteiger partial charge in [-0.3, -0.25) is 0 Å². The van der Waals surface area contributed by atoms with Gasteiger partial charge in [0.2, 0.25) is 0 Å². The zero-order valence-corrected chi connectivity index (χ0v) is 8.67. The number of aromatic hydroxyl groups is 2. The fourth-order valence-corrected chi connectivity index (χ4v) is 1.40. The van der Waals surface area contributed by atoms with Crippen LogP contribution in [0.4, 0.5) is 5.69 Å². The summed E-state index contributed by atoms with van der Waals surface area (Å²) in [6.07, 6.45) is 2.87. The number of phenolic OH excluding ortho intramolecular Hbond substituents is 2. The van der Waals surface area contributed by atoms with Crippen molar-refractivity contribution in [3.8, 4) is 11.5 Å². The summed E-state index contributed by atoms with van der Waals surface area (Å²) in [6.45, 7) is 3.73. The standard InChI is InChI=1S/C11H17NO2/c1-3-4-5-8-6-9(13)7(2)11(14)10(8)12/h6,13-14H,3-5,12H2,1-2H3. The predicted molar refractivity (Wildman–Crippen MR) is 57.5 cm³/mol. The Labute approximate surface area is 84.2 Å². The summed E-state index contributed by atoms with van der Waals surface area (Å²) in [5, 5.41) is 19.1. The van der Waals surface area contributed by atoms with Crippen LogP contribution in [-0.4, -0.2) is 10.2 Å². The number of aryl methyl sites for hydroxylation is 1. The van der Waals surface area contributed by atoms with Crippen LogP contribution in [0.1, 0.15) is 30.9 Å². The SMILES string of the molecule is CCCCc1cc(O)c(C)c(O)c1N. The third-order valence-corrected chi connectivity index (χ3v) is 2.45. The molecule has 0 radical (unpaired) electrons. The van der Waals surface area contributed by atoms with E-state index < -0.39 is 0 Å². The normalized spacial score (nSPS) is 10.4. The van der Waals surface area contributed by atoms with Crippen LogP contribution < -0.4 is 5.73 Å². The van der Waals surface area contributed by atoms with E-state index in [-0.39, 0.29) is 11.5 Å². The van der Waals surface area contributed by atoms with Crippen LogP contribution in [0.25, 0.3) is 0 Å². The number of hydrogen-bond acceptors (Lipinski definition) is 3. The van der Waals surface area contributed by atoms with Gasteiger partial charge in [-0.2, -0.15) is 0 Å². The average Bonchev–Trinajstić information content (AvgIpc) is 2.18. The summed E-state index contributed by atoms with van der Waals surface area (Å²) in [5.74, 6) is 0.124. The van der Waals surface area contributed by atoms with E-state index in [9.17, 15) is 10.2 Å². The molecule has 0 amide bonds. The van der Waals surface area contributed by atoms with Crippen LogP contribution in [-0.2, 0) is 6.42 Å². The highest BCUT2D eigenvalue weighted by Gasteiger charge is 2.11. The van der Waals surface area contributed by atoms with Crippen molar-refractivity contribution < 1.29 is 10.2 Å². The minimum absolute atomic E-state index is 0.0103. The Kier molecular flexibility index (Phi) is 3.23. The highest BCUT2D eigenvalue weighted by Crippen LogP contribution is 2.35. The van der Waals surface area contributed by atoms with Crippen molar-refractivity contribution in [2.75, 3.05) is 5.73 Å². The fraction of sp³-hybridized carbons (Fsp3) is 0.455. The zero-order valence-electron chi connectivity index (χ0n) is 8.67. The second-order valence-corrected chi connectivity index (χ2v) is 3.55. The summed E-state index contributed by atoms with van der Waals surface area (Å²) < 4.78 is 0. The third kappa shape index (κ3) is 1.92. The van der Waals surface area contributed by atoms with Gasteiger partial charge in [0, 0.05) is 5.56 Å². The highest BCUT2D eigenvalue weighted by molar-refractivity contribution is 5.65. The Bertz CT molecular complexity index is 335. The fourth-order valence-electron chi connectivity index (χ4n) is 1.40. The van der Waals surface area contributed by atoms with Gasteiger partial charge in [0.05, 0.1) is 5.69 Å². The quantitative estimate of drug-likeness (QED) is 0.394. The van der Waals surface area contributed by atoms with Crippen LogP contribution in [0.5, 0.6) is 11.5 Å². The maximum atomic E-state index is 9.58. The van der Waals surface area contributed by atoms with E-state index in [1.165, 1.54) is 0 Å². The van der Waals surface area contributed by atoms with Gasteiger partial charge < -0.3 is 15.9 Å². The molecule has 4 N–H and O–H groups in total. The molecule has 0 saturated carbocycles. The molecule has 0 fully saturated rings. The monoisotopic (exact) mass is 195 g/mol. The molecule has 0 atom stereocenters. The number of nitrogens with two attached hydrogens (primary N) is 1. The van der Waals surface area contributed by atoms with Gasteiger partial charge in [0.25, 0.3) is 0 Å². The van der Waals surface area contributed by atoms with E-state index in [1.807, 2.05) is 0 Å². The van der Waals surface area contributed by atoms with E-state index in [2.05, 4.69) is 6.92 Å². The Morgan fingerprint density at radius 2 is 2.00 bits per heavy atom. The van der Waals surface area contributed by atoms with Crippen molar-refractivity contribution in [2.24, 2.45) is 0 Å². The summed E-state index contributed by atoms with van der Waals surface area (Å²) in [6, 6.07) is 1.64. The lowest BCUT2D eigenvalue weighted by atomic mass is 10.0. The molecule has 0 aliphatic heterocycles. The minimum Gasteiger partial charge on any atom is -0.508 e. The topological polar surface area (TPSA) is 66.5 Å². The summed E-state index contributed by atoms with van der Waals surface area (Å²) >= 11 is 0. The molecule has 0 bridgehead atoms. The molecule has 0 saturated heterocycles. The van der Waals surface area contributed by atoms with Crippen molar-refractivity contribution in [1.82, 2.24) is 0 Å². The first-order valence-corrected chi connectivity index (χ1v) is 4.87. The molecule has 14 heavy (non-hydrogen) atoms. The zero-order chi connectivity index (χ0) is 10.7. The number of hydrogen-bond donors (Lipinski definition) is 3. The van der Waals surface area contributed by atoms with Crippen LogP contribution in [0.15, 0.2) is 6.07 Å². The molecule has 3 heteroatoms. The van der Waals surface area contributed by atoms with E-state index in [1.54, 1.807) is 13.0 Å². The van der Waals surface area contributed by atoms with Crippen molar-refractivity contribution in [1.29, 1.82) is 0 Å². The molecule has 0 aromatic heterocycles. The van der Waals surface area contributed by atoms with E-state index >= 15 is 0 Å². The highest BCUT2D eigenvalue weighted by atomic mass is 16.3. The maximum absolute atomic E-state index is 9.58. The lowest BCUT2D eigenvalue weighted by Gasteiger charge is -2.10. The predicted octanol–water partition coefficient (Wildman–Crippen LogP) is 2.33.